The van der Waals surface area contributed by atoms with E-state index in [0.717, 1.165) is 49.7 Å². The Kier molecular flexibility index (Phi) is 7.37. The molecule has 1 aromatic carbocycles. The SMILES string of the molecule is CN1CCC(NC(=O)Nc2ccc(NC(=O)CC3CSCCN3)cc2)CC1. The number of benzene rings is 1. The van der Waals surface area contributed by atoms with Crippen molar-refractivity contribution in [2.75, 3.05) is 48.8 Å². The van der Waals surface area contributed by atoms with Gasteiger partial charge in [0, 0.05) is 47.9 Å². The standard InChI is InChI=1S/C19H29N5O2S/c1-24-9-6-16(7-10-24)23-19(26)22-15-4-2-14(3-5-15)21-18(25)12-17-13-27-11-8-20-17/h2-5,16-17,20H,6-13H2,1H3,(H,21,25)(H2,22,23,26). The number of hydrogen-bond donors (Lipinski definition) is 4. The number of anilines is 2. The van der Waals surface area contributed by atoms with E-state index >= 15 is 0 Å². The van der Waals surface area contributed by atoms with E-state index in [0.29, 0.717) is 12.1 Å². The fourth-order valence-corrected chi connectivity index (χ4v) is 4.28. The third kappa shape index (κ3) is 6.71. The van der Waals surface area contributed by atoms with E-state index in [1.54, 1.807) is 12.1 Å². The number of amides is 3. The Labute approximate surface area is 165 Å². The normalized spacial score (nSPS) is 21.4. The summed E-state index contributed by atoms with van der Waals surface area (Å²) in [4.78, 5) is 26.5. The topological polar surface area (TPSA) is 85.5 Å². The van der Waals surface area contributed by atoms with Crippen molar-refractivity contribution in [1.29, 1.82) is 0 Å². The van der Waals surface area contributed by atoms with Gasteiger partial charge in [-0.3, -0.25) is 4.79 Å². The van der Waals surface area contributed by atoms with Gasteiger partial charge in [0.2, 0.25) is 5.91 Å². The van der Waals surface area contributed by atoms with Crippen molar-refractivity contribution in [1.82, 2.24) is 15.5 Å². The first-order valence-corrected chi connectivity index (χ1v) is 10.7. The van der Waals surface area contributed by atoms with Crippen LogP contribution in [-0.4, -0.2) is 67.1 Å². The minimum atomic E-state index is -0.179. The molecule has 2 aliphatic heterocycles. The molecule has 27 heavy (non-hydrogen) atoms. The predicted molar refractivity (Wildman–Crippen MR) is 111 cm³/mol. The molecular weight excluding hydrogens is 362 g/mol. The lowest BCUT2D eigenvalue weighted by atomic mass is 10.1. The van der Waals surface area contributed by atoms with Gasteiger partial charge in [-0.15, -0.1) is 0 Å². The number of rotatable bonds is 5. The maximum atomic E-state index is 12.1. The molecule has 3 rings (SSSR count). The molecule has 3 amide bonds. The van der Waals surface area contributed by atoms with E-state index in [2.05, 4.69) is 33.2 Å². The lowest BCUT2D eigenvalue weighted by molar-refractivity contribution is -0.116. The van der Waals surface area contributed by atoms with Crippen LogP contribution in [0.5, 0.6) is 0 Å². The van der Waals surface area contributed by atoms with E-state index in [9.17, 15) is 9.59 Å². The quantitative estimate of drug-likeness (QED) is 0.616. The molecule has 2 fully saturated rings. The summed E-state index contributed by atoms with van der Waals surface area (Å²) in [6, 6.07) is 7.52. The van der Waals surface area contributed by atoms with Crippen molar-refractivity contribution < 1.29 is 9.59 Å². The zero-order valence-electron chi connectivity index (χ0n) is 15.8. The molecule has 0 aromatic heterocycles. The highest BCUT2D eigenvalue weighted by molar-refractivity contribution is 7.99. The molecule has 0 radical (unpaired) electrons. The smallest absolute Gasteiger partial charge is 0.319 e. The first-order chi connectivity index (χ1) is 13.1. The maximum Gasteiger partial charge on any atom is 0.319 e. The molecule has 1 unspecified atom stereocenters. The van der Waals surface area contributed by atoms with Crippen LogP contribution in [0.4, 0.5) is 16.2 Å². The third-order valence-corrected chi connectivity index (χ3v) is 6.04. The summed E-state index contributed by atoms with van der Waals surface area (Å²) >= 11 is 1.88. The molecule has 2 saturated heterocycles. The molecule has 8 heteroatoms. The molecular formula is C19H29N5O2S. The van der Waals surface area contributed by atoms with Crippen LogP contribution in [0, 0.1) is 0 Å². The summed E-state index contributed by atoms with van der Waals surface area (Å²) in [6.07, 6.45) is 2.43. The summed E-state index contributed by atoms with van der Waals surface area (Å²) in [5.41, 5.74) is 1.45. The highest BCUT2D eigenvalue weighted by atomic mass is 32.2. The Morgan fingerprint density at radius 2 is 1.81 bits per heavy atom. The molecule has 0 spiro atoms. The fourth-order valence-electron chi connectivity index (χ4n) is 3.33. The van der Waals surface area contributed by atoms with Crippen LogP contribution in [0.1, 0.15) is 19.3 Å². The monoisotopic (exact) mass is 391 g/mol. The predicted octanol–water partition coefficient (Wildman–Crippen LogP) is 1.94. The van der Waals surface area contributed by atoms with Gasteiger partial charge in [0.25, 0.3) is 0 Å². The second-order valence-electron chi connectivity index (χ2n) is 7.23. The van der Waals surface area contributed by atoms with Crippen LogP contribution in [0.3, 0.4) is 0 Å². The van der Waals surface area contributed by atoms with Crippen LogP contribution in [0.2, 0.25) is 0 Å². The average molecular weight is 392 g/mol. The molecule has 0 aliphatic carbocycles. The Hall–Kier alpha value is -1.77. The number of thioether (sulfide) groups is 1. The van der Waals surface area contributed by atoms with Gasteiger partial charge in [0.05, 0.1) is 0 Å². The van der Waals surface area contributed by atoms with Gasteiger partial charge >= 0.3 is 6.03 Å². The van der Waals surface area contributed by atoms with Gasteiger partial charge in [-0.1, -0.05) is 0 Å². The Morgan fingerprint density at radius 3 is 2.44 bits per heavy atom. The van der Waals surface area contributed by atoms with E-state index in [-0.39, 0.29) is 24.0 Å². The van der Waals surface area contributed by atoms with Crippen LogP contribution in [0.15, 0.2) is 24.3 Å². The number of nitrogens with one attached hydrogen (secondary N) is 4. The van der Waals surface area contributed by atoms with Crippen LogP contribution < -0.4 is 21.3 Å². The van der Waals surface area contributed by atoms with Gasteiger partial charge in [-0.2, -0.15) is 11.8 Å². The second kappa shape index (κ2) is 9.96. The molecule has 148 valence electrons. The molecule has 7 nitrogen and oxygen atoms in total. The molecule has 0 bridgehead atoms. The van der Waals surface area contributed by atoms with E-state index in [4.69, 9.17) is 0 Å². The van der Waals surface area contributed by atoms with Gasteiger partial charge in [-0.05, 0) is 57.2 Å². The number of piperidine rings is 1. The largest absolute Gasteiger partial charge is 0.335 e. The summed E-state index contributed by atoms with van der Waals surface area (Å²) < 4.78 is 0. The second-order valence-corrected chi connectivity index (χ2v) is 8.38. The molecule has 2 heterocycles. The van der Waals surface area contributed by atoms with Crippen molar-refractivity contribution in [3.63, 3.8) is 0 Å². The first-order valence-electron chi connectivity index (χ1n) is 9.55. The number of likely N-dealkylation sites (tertiary alicyclic amines) is 1. The number of urea groups is 1. The van der Waals surface area contributed by atoms with Crippen molar-refractivity contribution in [2.45, 2.75) is 31.3 Å². The summed E-state index contributed by atoms with van der Waals surface area (Å²) in [5, 5.41) is 12.2. The summed E-state index contributed by atoms with van der Waals surface area (Å²) in [6.45, 7) is 2.98. The van der Waals surface area contributed by atoms with Crippen molar-refractivity contribution in [3.8, 4) is 0 Å². The van der Waals surface area contributed by atoms with Gasteiger partial charge in [0.15, 0.2) is 0 Å². The zero-order valence-corrected chi connectivity index (χ0v) is 16.6. The molecule has 1 aromatic rings. The summed E-state index contributed by atoms with van der Waals surface area (Å²) in [7, 11) is 2.10. The number of carbonyl (C=O) groups excluding carboxylic acids is 2. The molecule has 2 aliphatic rings. The number of nitrogens with zero attached hydrogens (tertiary/aromatic N) is 1. The zero-order chi connectivity index (χ0) is 19.1. The molecule has 4 N–H and O–H groups in total. The highest BCUT2D eigenvalue weighted by Crippen LogP contribution is 2.16. The maximum absolute atomic E-state index is 12.1. The summed E-state index contributed by atoms with van der Waals surface area (Å²) in [5.74, 6) is 2.09. The lowest BCUT2D eigenvalue weighted by Gasteiger charge is -2.29. The average Bonchev–Trinajstić information content (AvgIpc) is 2.66. The molecule has 1 atom stereocenters. The molecule has 0 saturated carbocycles. The Morgan fingerprint density at radius 1 is 1.15 bits per heavy atom. The van der Waals surface area contributed by atoms with E-state index < -0.39 is 0 Å². The fraction of sp³-hybridized carbons (Fsp3) is 0.579. The van der Waals surface area contributed by atoms with Crippen molar-refractivity contribution >= 4 is 35.1 Å². The first kappa shape index (κ1) is 20.0. The van der Waals surface area contributed by atoms with Crippen molar-refractivity contribution in [2.24, 2.45) is 0 Å². The third-order valence-electron chi connectivity index (χ3n) is 4.91. The van der Waals surface area contributed by atoms with Gasteiger partial charge < -0.3 is 26.2 Å². The van der Waals surface area contributed by atoms with Crippen LogP contribution in [0.25, 0.3) is 0 Å². The van der Waals surface area contributed by atoms with E-state index in [1.807, 2.05) is 23.9 Å². The highest BCUT2D eigenvalue weighted by Gasteiger charge is 2.19. The van der Waals surface area contributed by atoms with Gasteiger partial charge in [-0.25, -0.2) is 4.79 Å². The Bertz CT molecular complexity index is 625. The van der Waals surface area contributed by atoms with Crippen LogP contribution >= 0.6 is 11.8 Å². The van der Waals surface area contributed by atoms with Gasteiger partial charge in [0.1, 0.15) is 0 Å². The van der Waals surface area contributed by atoms with Crippen molar-refractivity contribution in [3.05, 3.63) is 24.3 Å². The Balaban J connectivity index is 1.41. The van der Waals surface area contributed by atoms with Crippen LogP contribution in [-0.2, 0) is 4.79 Å². The van der Waals surface area contributed by atoms with E-state index in [1.165, 1.54) is 0 Å². The minimum absolute atomic E-state index is 0.00992. The number of hydrogen-bond acceptors (Lipinski definition) is 5. The number of carbonyl (C=O) groups is 2. The lowest BCUT2D eigenvalue weighted by Crippen LogP contribution is -2.44. The minimum Gasteiger partial charge on any atom is -0.335 e.